The van der Waals surface area contributed by atoms with Gasteiger partial charge >= 0.3 is 6.03 Å². The molecule has 1 aromatic heterocycles. The van der Waals surface area contributed by atoms with E-state index in [1.807, 2.05) is 12.1 Å². The summed E-state index contributed by atoms with van der Waals surface area (Å²) in [6, 6.07) is 5.91. The Kier molecular flexibility index (Phi) is 5.81. The number of hydrogen-bond donors (Lipinski definition) is 1. The fraction of sp³-hybridized carbons (Fsp3) is 0.600. The number of nitrogens with one attached hydrogen (secondary N) is 1. The molecular weight excluding hydrogens is 328 g/mol. The third-order valence-electron chi connectivity index (χ3n) is 4.95. The number of benzene rings is 1. The summed E-state index contributed by atoms with van der Waals surface area (Å²) in [6.45, 7) is 11.8. The van der Waals surface area contributed by atoms with E-state index in [0.717, 1.165) is 42.8 Å². The number of nitrogens with zero attached hydrogens (tertiary/aromatic N) is 3. The average molecular weight is 358 g/mol. The van der Waals surface area contributed by atoms with Crippen molar-refractivity contribution in [3.05, 3.63) is 24.5 Å². The van der Waals surface area contributed by atoms with Crippen molar-refractivity contribution in [3.8, 4) is 0 Å². The van der Waals surface area contributed by atoms with E-state index < -0.39 is 0 Å². The maximum absolute atomic E-state index is 12.5. The molecule has 0 spiro atoms. The van der Waals surface area contributed by atoms with Gasteiger partial charge in [0.2, 0.25) is 0 Å². The quantitative estimate of drug-likeness (QED) is 0.889. The van der Waals surface area contributed by atoms with E-state index in [1.165, 1.54) is 0 Å². The fourth-order valence-electron chi connectivity index (χ4n) is 3.29. The Balaban J connectivity index is 1.81. The highest BCUT2D eigenvalue weighted by atomic mass is 16.5. The zero-order chi connectivity index (χ0) is 18.7. The number of para-hydroxylation sites is 1. The predicted molar refractivity (Wildman–Crippen MR) is 105 cm³/mol. The summed E-state index contributed by atoms with van der Waals surface area (Å²) in [7, 11) is 0. The van der Waals surface area contributed by atoms with E-state index in [2.05, 4.69) is 49.0 Å². The first kappa shape index (κ1) is 18.7. The van der Waals surface area contributed by atoms with Crippen LogP contribution in [0.15, 0.2) is 24.5 Å². The molecule has 1 amide bonds. The molecule has 1 fully saturated rings. The summed E-state index contributed by atoms with van der Waals surface area (Å²) in [6.07, 6.45) is 2.81. The van der Waals surface area contributed by atoms with Crippen LogP contribution in [-0.2, 0) is 4.74 Å². The van der Waals surface area contributed by atoms with Crippen molar-refractivity contribution >= 4 is 22.8 Å². The maximum atomic E-state index is 12.5. The second kappa shape index (κ2) is 8.08. The topological polar surface area (TPSA) is 59.4 Å². The molecule has 1 atom stereocenters. The SMILES string of the molecule is CC(C)CCNC(=O)n1cnc2c(N3CCO[C@@H](C(C)C)C3)cccc21. The Hall–Kier alpha value is -2.08. The molecule has 2 heterocycles. The summed E-state index contributed by atoms with van der Waals surface area (Å²) < 4.78 is 7.49. The first-order chi connectivity index (χ1) is 12.5. The Morgan fingerprint density at radius 2 is 2.15 bits per heavy atom. The molecule has 1 aromatic carbocycles. The number of rotatable bonds is 5. The van der Waals surface area contributed by atoms with Crippen LogP contribution >= 0.6 is 0 Å². The molecule has 0 radical (unpaired) electrons. The van der Waals surface area contributed by atoms with Gasteiger partial charge in [-0.05, 0) is 30.4 Å². The number of fused-ring (bicyclic) bond motifs is 1. The first-order valence-electron chi connectivity index (χ1n) is 9.58. The monoisotopic (exact) mass is 358 g/mol. The third-order valence-corrected chi connectivity index (χ3v) is 4.95. The van der Waals surface area contributed by atoms with Gasteiger partial charge < -0.3 is 15.0 Å². The Labute approximate surface area is 155 Å². The Morgan fingerprint density at radius 3 is 2.88 bits per heavy atom. The van der Waals surface area contributed by atoms with Crippen molar-refractivity contribution in [2.45, 2.75) is 40.2 Å². The van der Waals surface area contributed by atoms with Gasteiger partial charge in [-0.2, -0.15) is 0 Å². The lowest BCUT2D eigenvalue weighted by Gasteiger charge is -2.36. The number of anilines is 1. The standard InChI is InChI=1S/C20H30N4O2/c1-14(2)8-9-21-20(25)24-13-22-19-16(6-5-7-17(19)24)23-10-11-26-18(12-23)15(3)4/h5-7,13-15,18H,8-12H2,1-4H3,(H,21,25)/t18-/m1/s1. The second-order valence-corrected chi connectivity index (χ2v) is 7.77. The van der Waals surface area contributed by atoms with Crippen molar-refractivity contribution < 1.29 is 9.53 Å². The summed E-state index contributed by atoms with van der Waals surface area (Å²) in [5.74, 6) is 1.04. The first-order valence-corrected chi connectivity index (χ1v) is 9.58. The van der Waals surface area contributed by atoms with Crippen LogP contribution in [0.5, 0.6) is 0 Å². The number of imidazole rings is 1. The number of ether oxygens (including phenoxy) is 1. The van der Waals surface area contributed by atoms with E-state index in [-0.39, 0.29) is 12.1 Å². The van der Waals surface area contributed by atoms with Crippen molar-refractivity contribution in [2.75, 3.05) is 31.1 Å². The number of aromatic nitrogens is 2. The van der Waals surface area contributed by atoms with E-state index in [4.69, 9.17) is 4.74 Å². The molecule has 2 aromatic rings. The molecule has 1 N–H and O–H groups in total. The van der Waals surface area contributed by atoms with Crippen LogP contribution in [-0.4, -0.2) is 47.9 Å². The van der Waals surface area contributed by atoms with Crippen LogP contribution in [0.1, 0.15) is 34.1 Å². The molecule has 1 saturated heterocycles. The minimum atomic E-state index is -0.118. The number of carbonyl (C=O) groups excluding carboxylic acids is 1. The number of amides is 1. The average Bonchev–Trinajstić information content (AvgIpc) is 3.05. The van der Waals surface area contributed by atoms with Crippen LogP contribution in [0.4, 0.5) is 10.5 Å². The van der Waals surface area contributed by atoms with E-state index in [9.17, 15) is 4.79 Å². The minimum absolute atomic E-state index is 0.118. The van der Waals surface area contributed by atoms with Crippen LogP contribution in [0.2, 0.25) is 0 Å². The largest absolute Gasteiger partial charge is 0.374 e. The Morgan fingerprint density at radius 1 is 1.35 bits per heavy atom. The van der Waals surface area contributed by atoms with Crippen molar-refractivity contribution in [1.29, 1.82) is 0 Å². The zero-order valence-corrected chi connectivity index (χ0v) is 16.2. The molecule has 3 rings (SSSR count). The van der Waals surface area contributed by atoms with Gasteiger partial charge in [0, 0.05) is 19.6 Å². The molecule has 6 nitrogen and oxygen atoms in total. The minimum Gasteiger partial charge on any atom is -0.374 e. The smallest absolute Gasteiger partial charge is 0.327 e. The molecule has 1 aliphatic heterocycles. The molecular formula is C20H30N4O2. The fourth-order valence-corrected chi connectivity index (χ4v) is 3.29. The van der Waals surface area contributed by atoms with Gasteiger partial charge in [-0.25, -0.2) is 9.78 Å². The lowest BCUT2D eigenvalue weighted by Crippen LogP contribution is -2.44. The molecule has 0 unspecified atom stereocenters. The molecule has 0 saturated carbocycles. The highest BCUT2D eigenvalue weighted by Crippen LogP contribution is 2.28. The normalized spacial score (nSPS) is 18.1. The van der Waals surface area contributed by atoms with E-state index in [0.29, 0.717) is 18.4 Å². The second-order valence-electron chi connectivity index (χ2n) is 7.77. The number of morpholine rings is 1. The third kappa shape index (κ3) is 4.01. The van der Waals surface area contributed by atoms with Gasteiger partial charge in [0.25, 0.3) is 0 Å². The van der Waals surface area contributed by atoms with Gasteiger partial charge in [0.1, 0.15) is 11.8 Å². The van der Waals surface area contributed by atoms with Crippen LogP contribution < -0.4 is 10.2 Å². The summed E-state index contributed by atoms with van der Waals surface area (Å²) >= 11 is 0. The van der Waals surface area contributed by atoms with Crippen molar-refractivity contribution in [2.24, 2.45) is 11.8 Å². The number of carbonyl (C=O) groups is 1. The maximum Gasteiger partial charge on any atom is 0.327 e. The van der Waals surface area contributed by atoms with Crippen LogP contribution in [0.3, 0.4) is 0 Å². The van der Waals surface area contributed by atoms with Gasteiger partial charge in [0.15, 0.2) is 0 Å². The Bertz CT molecular complexity index is 753. The van der Waals surface area contributed by atoms with Crippen molar-refractivity contribution in [1.82, 2.24) is 14.9 Å². The number of hydrogen-bond acceptors (Lipinski definition) is 4. The van der Waals surface area contributed by atoms with E-state index >= 15 is 0 Å². The highest BCUT2D eigenvalue weighted by molar-refractivity contribution is 5.95. The molecule has 26 heavy (non-hydrogen) atoms. The molecule has 1 aliphatic rings. The summed E-state index contributed by atoms with van der Waals surface area (Å²) in [4.78, 5) is 19.4. The highest BCUT2D eigenvalue weighted by Gasteiger charge is 2.25. The molecule has 142 valence electrons. The summed E-state index contributed by atoms with van der Waals surface area (Å²) in [5, 5.41) is 2.98. The lowest BCUT2D eigenvalue weighted by atomic mass is 10.1. The lowest BCUT2D eigenvalue weighted by molar-refractivity contribution is 0.0115. The molecule has 0 bridgehead atoms. The zero-order valence-electron chi connectivity index (χ0n) is 16.2. The van der Waals surface area contributed by atoms with Gasteiger partial charge in [-0.1, -0.05) is 33.8 Å². The van der Waals surface area contributed by atoms with Gasteiger partial charge in [0.05, 0.1) is 23.9 Å². The van der Waals surface area contributed by atoms with Gasteiger partial charge in [-0.3, -0.25) is 4.57 Å². The molecule has 6 heteroatoms. The van der Waals surface area contributed by atoms with E-state index in [1.54, 1.807) is 10.9 Å². The molecule has 0 aliphatic carbocycles. The predicted octanol–water partition coefficient (Wildman–Crippen LogP) is 3.50. The summed E-state index contributed by atoms with van der Waals surface area (Å²) in [5.41, 5.74) is 2.79. The van der Waals surface area contributed by atoms with Crippen LogP contribution in [0.25, 0.3) is 11.0 Å². The van der Waals surface area contributed by atoms with Crippen LogP contribution in [0, 0.1) is 11.8 Å². The van der Waals surface area contributed by atoms with Crippen molar-refractivity contribution in [3.63, 3.8) is 0 Å². The van der Waals surface area contributed by atoms with Gasteiger partial charge in [-0.15, -0.1) is 0 Å².